The van der Waals surface area contributed by atoms with Gasteiger partial charge in [0, 0.05) is 70.4 Å². The standard InChI is InChI=1S/C43H36Cl2F4N6O2/c1-20-28-17-33(40-30-16-26(54(40)41(56)21-7-8-21)19-53(42(30)57)25-11-9-24(10-12-25)43(47,48)49)55(38-23-15-32(38)51-18-23)39(28)29-14-22(4-3-13-50)34(36(46)37(29)52-20)27-5-2-6-31(44)35(27)45/h2,5-6,9-12,14,17,21,23,26,30,32,38,40,51H,3-4,7-8,15-16,18-19H2,1H3. The van der Waals surface area contributed by atoms with Crippen molar-refractivity contribution in [2.45, 2.75) is 75.8 Å². The minimum atomic E-state index is -4.52. The molecule has 4 saturated heterocycles. The van der Waals surface area contributed by atoms with Crippen molar-refractivity contribution >= 4 is 62.5 Å². The van der Waals surface area contributed by atoms with Crippen LogP contribution in [0.2, 0.25) is 10.0 Å². The van der Waals surface area contributed by atoms with Crippen molar-refractivity contribution in [3.05, 3.63) is 93.0 Å². The first kappa shape index (κ1) is 36.6. The first-order chi connectivity index (χ1) is 27.3. The number of aromatic nitrogens is 2. The van der Waals surface area contributed by atoms with Crippen molar-refractivity contribution < 1.29 is 27.2 Å². The summed E-state index contributed by atoms with van der Waals surface area (Å²) in [6, 6.07) is 14.8. The lowest BCUT2D eigenvalue weighted by Gasteiger charge is -2.40. The number of carbonyl (C=O) groups excluding carboxylic acids is 2. The zero-order chi connectivity index (χ0) is 39.7. The highest BCUT2D eigenvalue weighted by Crippen LogP contribution is 2.54. The molecular formula is C43H36Cl2F4N6O2. The van der Waals surface area contributed by atoms with Crippen LogP contribution >= 0.6 is 23.2 Å². The molecule has 4 aliphatic heterocycles. The molecule has 292 valence electrons. The monoisotopic (exact) mass is 814 g/mol. The Morgan fingerprint density at radius 3 is 2.51 bits per heavy atom. The maximum atomic E-state index is 17.3. The minimum Gasteiger partial charge on any atom is -0.337 e. The van der Waals surface area contributed by atoms with E-state index in [0.717, 1.165) is 54.5 Å². The van der Waals surface area contributed by atoms with Crippen LogP contribution in [0.4, 0.5) is 23.2 Å². The highest BCUT2D eigenvalue weighted by molar-refractivity contribution is 6.43. The van der Waals surface area contributed by atoms with Crippen LogP contribution in [0.15, 0.2) is 54.6 Å². The lowest BCUT2D eigenvalue weighted by atomic mass is 9.79. The molecule has 2 saturated carbocycles. The quantitative estimate of drug-likeness (QED) is 0.165. The molecule has 6 fully saturated rings. The van der Waals surface area contributed by atoms with E-state index in [0.29, 0.717) is 34.3 Å². The number of halogens is 6. The van der Waals surface area contributed by atoms with Gasteiger partial charge < -0.3 is 19.7 Å². The zero-order valence-corrected chi connectivity index (χ0v) is 32.2. The van der Waals surface area contributed by atoms with Gasteiger partial charge in [-0.15, -0.1) is 0 Å². The zero-order valence-electron chi connectivity index (χ0n) is 30.7. The Hall–Kier alpha value is -4.70. The summed E-state index contributed by atoms with van der Waals surface area (Å²) >= 11 is 13.1. The summed E-state index contributed by atoms with van der Waals surface area (Å²) < 4.78 is 60.0. The van der Waals surface area contributed by atoms with Gasteiger partial charge in [0.05, 0.1) is 51.2 Å². The number of alkyl halides is 3. The number of nitrogens with zero attached hydrogens (tertiary/aromatic N) is 5. The van der Waals surface area contributed by atoms with Gasteiger partial charge in [-0.2, -0.15) is 18.4 Å². The third kappa shape index (κ3) is 5.59. The number of hydrogen-bond donors (Lipinski definition) is 1. The van der Waals surface area contributed by atoms with Crippen LogP contribution in [0.3, 0.4) is 0 Å². The number of nitriles is 1. The third-order valence-corrected chi connectivity index (χ3v) is 13.8. The number of carbonyl (C=O) groups is 2. The van der Waals surface area contributed by atoms with Gasteiger partial charge in [-0.3, -0.25) is 9.59 Å². The fourth-order valence-electron chi connectivity index (χ4n) is 10.2. The molecule has 6 heterocycles. The first-order valence-electron chi connectivity index (χ1n) is 19.4. The number of rotatable bonds is 7. The molecular weight excluding hydrogens is 779 g/mol. The second kappa shape index (κ2) is 13.2. The summed E-state index contributed by atoms with van der Waals surface area (Å²) in [4.78, 5) is 37.3. The Kier molecular flexibility index (Phi) is 8.46. The molecule has 0 radical (unpaired) electrons. The molecule has 6 unspecified atom stereocenters. The van der Waals surface area contributed by atoms with Crippen LogP contribution in [0.25, 0.3) is 32.9 Å². The molecule has 2 aromatic heterocycles. The van der Waals surface area contributed by atoms with Crippen molar-refractivity contribution in [2.75, 3.05) is 18.0 Å². The van der Waals surface area contributed by atoms with Gasteiger partial charge in [0.1, 0.15) is 5.52 Å². The van der Waals surface area contributed by atoms with Gasteiger partial charge in [0.15, 0.2) is 5.82 Å². The number of benzene rings is 3. The average molecular weight is 816 g/mol. The van der Waals surface area contributed by atoms with E-state index in [4.69, 9.17) is 28.2 Å². The Morgan fingerprint density at radius 2 is 1.84 bits per heavy atom. The number of nitrogens with one attached hydrogen (secondary N) is 1. The van der Waals surface area contributed by atoms with Gasteiger partial charge in [-0.1, -0.05) is 35.3 Å². The number of amides is 2. The summed E-state index contributed by atoms with van der Waals surface area (Å²) in [5.41, 5.74) is 3.00. The van der Waals surface area contributed by atoms with E-state index in [1.807, 2.05) is 24.0 Å². The molecule has 2 aliphatic carbocycles. The van der Waals surface area contributed by atoms with Crippen LogP contribution in [-0.2, 0) is 22.2 Å². The van der Waals surface area contributed by atoms with Crippen molar-refractivity contribution in [2.24, 2.45) is 17.8 Å². The Balaban J connectivity index is 1.19. The molecule has 57 heavy (non-hydrogen) atoms. The van der Waals surface area contributed by atoms with E-state index < -0.39 is 29.5 Å². The van der Waals surface area contributed by atoms with E-state index in [1.165, 1.54) is 17.0 Å². The largest absolute Gasteiger partial charge is 0.416 e. The fourth-order valence-corrected chi connectivity index (χ4v) is 10.6. The maximum absolute atomic E-state index is 17.3. The Labute approximate surface area is 335 Å². The highest BCUT2D eigenvalue weighted by atomic mass is 35.5. The summed E-state index contributed by atoms with van der Waals surface area (Å²) in [5.74, 6) is -1.41. The SMILES string of the molecule is Cc1nc2c(F)c(-c3cccc(Cl)c3Cl)c(CCC#N)cc2c2c1cc(C1C3CC(CN(c4ccc(C(F)(F)F)cc4)C3=O)N1C(=O)C1CC1)n2C1C2CNC1C2. The van der Waals surface area contributed by atoms with Crippen molar-refractivity contribution in [1.82, 2.24) is 19.8 Å². The van der Waals surface area contributed by atoms with Crippen molar-refractivity contribution in [3.8, 4) is 17.2 Å². The topological polar surface area (TPSA) is 94.3 Å². The van der Waals surface area contributed by atoms with Crippen LogP contribution in [0.1, 0.15) is 66.7 Å². The second-order valence-corrected chi connectivity index (χ2v) is 17.0. The first-order valence-corrected chi connectivity index (χ1v) is 20.1. The van der Waals surface area contributed by atoms with Gasteiger partial charge in [-0.25, -0.2) is 9.37 Å². The molecule has 4 bridgehead atoms. The van der Waals surface area contributed by atoms with Crippen LogP contribution in [0.5, 0.6) is 0 Å². The number of likely N-dealkylation sites (tertiary alicyclic amines) is 1. The second-order valence-electron chi connectivity index (χ2n) is 16.2. The molecule has 3 aromatic carbocycles. The summed E-state index contributed by atoms with van der Waals surface area (Å²) in [7, 11) is 0. The predicted octanol–water partition coefficient (Wildman–Crippen LogP) is 9.33. The predicted molar refractivity (Wildman–Crippen MR) is 208 cm³/mol. The van der Waals surface area contributed by atoms with E-state index in [9.17, 15) is 28.0 Å². The van der Waals surface area contributed by atoms with Crippen molar-refractivity contribution in [1.29, 1.82) is 5.26 Å². The number of piperidine rings is 1. The summed E-state index contributed by atoms with van der Waals surface area (Å²) in [6.45, 7) is 2.78. The van der Waals surface area contributed by atoms with E-state index >= 15 is 4.39 Å². The molecule has 0 spiro atoms. The molecule has 6 aliphatic rings. The van der Waals surface area contributed by atoms with Crippen molar-refractivity contribution in [3.63, 3.8) is 0 Å². The number of hydrogen-bond acceptors (Lipinski definition) is 5. The van der Waals surface area contributed by atoms with Gasteiger partial charge in [0.25, 0.3) is 0 Å². The number of fused-ring (bicyclic) bond motifs is 6. The van der Waals surface area contributed by atoms with Gasteiger partial charge >= 0.3 is 6.18 Å². The van der Waals surface area contributed by atoms with E-state index in [1.54, 1.807) is 18.2 Å². The molecule has 11 rings (SSSR count). The smallest absolute Gasteiger partial charge is 0.337 e. The van der Waals surface area contributed by atoms with Crippen LogP contribution in [-0.4, -0.2) is 51.4 Å². The third-order valence-electron chi connectivity index (χ3n) is 13.0. The molecule has 8 nitrogen and oxygen atoms in total. The number of anilines is 1. The summed E-state index contributed by atoms with van der Waals surface area (Å²) in [5, 5.41) is 15.1. The molecule has 6 atom stereocenters. The van der Waals surface area contributed by atoms with Gasteiger partial charge in [-0.05, 0) is 93.0 Å². The maximum Gasteiger partial charge on any atom is 0.416 e. The normalized spacial score (nSPS) is 25.4. The minimum absolute atomic E-state index is 0.0198. The number of pyridine rings is 1. The summed E-state index contributed by atoms with van der Waals surface area (Å²) in [6.07, 6.45) is -1.27. The molecule has 14 heteroatoms. The Morgan fingerprint density at radius 1 is 1.07 bits per heavy atom. The lowest BCUT2D eigenvalue weighted by Crippen LogP contribution is -2.47. The number of aryl methyl sites for hydroxylation is 2. The molecule has 5 aromatic rings. The highest BCUT2D eigenvalue weighted by Gasteiger charge is 2.57. The molecule has 1 N–H and O–H groups in total. The Bertz CT molecular complexity index is 2570. The van der Waals surface area contributed by atoms with Crippen LogP contribution < -0.4 is 10.2 Å². The van der Waals surface area contributed by atoms with Gasteiger partial charge in [0.2, 0.25) is 11.8 Å². The molecule has 2 amide bonds. The van der Waals surface area contributed by atoms with E-state index in [2.05, 4.69) is 16.0 Å². The average Bonchev–Trinajstić information content (AvgIpc) is 3.46. The van der Waals surface area contributed by atoms with E-state index in [-0.39, 0.29) is 82.3 Å². The van der Waals surface area contributed by atoms with Crippen LogP contribution in [0, 0.1) is 41.8 Å². The lowest BCUT2D eigenvalue weighted by molar-refractivity contribution is -0.138. The fraction of sp³-hybridized carbons (Fsp3) is 0.395.